The van der Waals surface area contributed by atoms with Crippen LogP contribution in [0.4, 0.5) is 0 Å². The highest BCUT2D eigenvalue weighted by Crippen LogP contribution is 2.19. The van der Waals surface area contributed by atoms with Gasteiger partial charge in [-0.15, -0.1) is 5.10 Å². The Balaban J connectivity index is 2.47. The van der Waals surface area contributed by atoms with Crippen molar-refractivity contribution in [1.82, 2.24) is 20.1 Å². The van der Waals surface area contributed by atoms with Gasteiger partial charge < -0.3 is 5.32 Å². The van der Waals surface area contributed by atoms with Crippen LogP contribution >= 0.6 is 15.9 Å². The maximum absolute atomic E-state index is 8.71. The number of nitriles is 1. The van der Waals surface area contributed by atoms with Gasteiger partial charge in [0.15, 0.2) is 0 Å². The maximum Gasteiger partial charge on any atom is 0.252 e. The van der Waals surface area contributed by atoms with Gasteiger partial charge in [-0.3, -0.25) is 0 Å². The number of hydrogen-bond acceptors (Lipinski definition) is 4. The zero-order valence-corrected chi connectivity index (χ0v) is 10.8. The summed E-state index contributed by atoms with van der Waals surface area (Å²) in [7, 11) is 1.88. The second kappa shape index (κ2) is 5.08. The van der Waals surface area contributed by atoms with Crippen molar-refractivity contribution in [3.8, 4) is 11.8 Å². The van der Waals surface area contributed by atoms with E-state index < -0.39 is 0 Å². The summed E-state index contributed by atoms with van der Waals surface area (Å²) < 4.78 is 2.62. The van der Waals surface area contributed by atoms with Gasteiger partial charge in [-0.1, -0.05) is 15.9 Å². The molecule has 2 aromatic rings. The molecule has 0 aliphatic rings. The second-order valence-electron chi connectivity index (χ2n) is 3.43. The maximum atomic E-state index is 8.71. The Kier molecular flexibility index (Phi) is 3.52. The number of aromatic nitrogens is 3. The Morgan fingerprint density at radius 1 is 1.53 bits per heavy atom. The lowest BCUT2D eigenvalue weighted by Crippen LogP contribution is -2.09. The van der Waals surface area contributed by atoms with Crippen LogP contribution in [-0.2, 0) is 6.54 Å². The molecule has 0 amide bonds. The molecule has 1 aromatic carbocycles. The van der Waals surface area contributed by atoms with E-state index in [-0.39, 0.29) is 5.82 Å². The fourth-order valence-corrected chi connectivity index (χ4v) is 1.95. The number of rotatable bonds is 3. The van der Waals surface area contributed by atoms with Crippen LogP contribution in [0.25, 0.3) is 5.69 Å². The SMILES string of the molecule is CNCc1cc(Br)ccc1-n1cnc(C#N)n1. The van der Waals surface area contributed by atoms with Crippen LogP contribution < -0.4 is 5.32 Å². The topological polar surface area (TPSA) is 66.5 Å². The average Bonchev–Trinajstić information content (AvgIpc) is 2.78. The molecule has 6 heteroatoms. The van der Waals surface area contributed by atoms with Crippen molar-refractivity contribution in [2.75, 3.05) is 7.05 Å². The summed E-state index contributed by atoms with van der Waals surface area (Å²) in [6, 6.07) is 7.80. The van der Waals surface area contributed by atoms with E-state index in [1.165, 1.54) is 0 Å². The van der Waals surface area contributed by atoms with E-state index >= 15 is 0 Å². The molecule has 1 aromatic heterocycles. The lowest BCUT2D eigenvalue weighted by Gasteiger charge is -2.08. The quantitative estimate of drug-likeness (QED) is 0.933. The van der Waals surface area contributed by atoms with Crippen LogP contribution in [0.2, 0.25) is 0 Å². The first-order chi connectivity index (χ1) is 8.24. The molecule has 0 saturated heterocycles. The minimum Gasteiger partial charge on any atom is -0.316 e. The Hall–Kier alpha value is -1.71. The molecule has 0 atom stereocenters. The molecule has 0 aliphatic carbocycles. The van der Waals surface area contributed by atoms with E-state index in [1.807, 2.05) is 31.3 Å². The summed E-state index contributed by atoms with van der Waals surface area (Å²) in [6.45, 7) is 0.719. The molecule has 5 nitrogen and oxygen atoms in total. The minimum atomic E-state index is 0.170. The van der Waals surface area contributed by atoms with Gasteiger partial charge in [-0.25, -0.2) is 9.67 Å². The summed E-state index contributed by atoms with van der Waals surface area (Å²) >= 11 is 3.43. The molecule has 86 valence electrons. The number of nitrogens with one attached hydrogen (secondary N) is 1. The van der Waals surface area contributed by atoms with Gasteiger partial charge in [0.05, 0.1) is 5.69 Å². The van der Waals surface area contributed by atoms with Gasteiger partial charge in [-0.2, -0.15) is 5.26 Å². The lowest BCUT2D eigenvalue weighted by molar-refractivity contribution is 0.786. The predicted molar refractivity (Wildman–Crippen MR) is 66.5 cm³/mol. The lowest BCUT2D eigenvalue weighted by atomic mass is 10.2. The van der Waals surface area contributed by atoms with E-state index in [0.717, 1.165) is 22.3 Å². The smallest absolute Gasteiger partial charge is 0.252 e. The van der Waals surface area contributed by atoms with Gasteiger partial charge in [0.25, 0.3) is 5.82 Å². The van der Waals surface area contributed by atoms with Gasteiger partial charge in [0.2, 0.25) is 0 Å². The van der Waals surface area contributed by atoms with Crippen molar-refractivity contribution in [3.05, 3.63) is 40.4 Å². The van der Waals surface area contributed by atoms with Crippen LogP contribution in [-0.4, -0.2) is 21.8 Å². The van der Waals surface area contributed by atoms with Gasteiger partial charge in [-0.05, 0) is 30.8 Å². The van der Waals surface area contributed by atoms with E-state index in [0.29, 0.717) is 0 Å². The largest absolute Gasteiger partial charge is 0.316 e. The molecule has 0 aliphatic heterocycles. The number of hydrogen-bond donors (Lipinski definition) is 1. The van der Waals surface area contributed by atoms with E-state index in [1.54, 1.807) is 11.0 Å². The van der Waals surface area contributed by atoms with Crippen LogP contribution in [0.3, 0.4) is 0 Å². The standard InChI is InChI=1S/C11H10BrN5/c1-14-6-8-4-9(12)2-3-10(8)17-7-15-11(5-13)16-17/h2-4,7,14H,6H2,1H3. The first kappa shape index (κ1) is 11.8. The number of nitrogens with zero attached hydrogens (tertiary/aromatic N) is 4. The second-order valence-corrected chi connectivity index (χ2v) is 4.34. The van der Waals surface area contributed by atoms with Crippen molar-refractivity contribution in [1.29, 1.82) is 5.26 Å². The number of halogens is 1. The fourth-order valence-electron chi connectivity index (χ4n) is 1.54. The highest BCUT2D eigenvalue weighted by atomic mass is 79.9. The van der Waals surface area contributed by atoms with Crippen molar-refractivity contribution in [2.24, 2.45) is 0 Å². The normalized spacial score (nSPS) is 10.2. The molecule has 2 rings (SSSR count). The van der Waals surface area contributed by atoms with E-state index in [2.05, 4.69) is 31.3 Å². The fraction of sp³-hybridized carbons (Fsp3) is 0.182. The zero-order chi connectivity index (χ0) is 12.3. The Morgan fingerprint density at radius 3 is 3.00 bits per heavy atom. The van der Waals surface area contributed by atoms with E-state index in [9.17, 15) is 0 Å². The third-order valence-corrected chi connectivity index (χ3v) is 2.74. The molecular weight excluding hydrogens is 282 g/mol. The third kappa shape index (κ3) is 2.52. The van der Waals surface area contributed by atoms with Crippen LogP contribution in [0.15, 0.2) is 29.0 Å². The van der Waals surface area contributed by atoms with Crippen LogP contribution in [0.1, 0.15) is 11.4 Å². The van der Waals surface area contributed by atoms with Crippen LogP contribution in [0, 0.1) is 11.3 Å². The molecule has 1 heterocycles. The zero-order valence-electron chi connectivity index (χ0n) is 9.18. The third-order valence-electron chi connectivity index (χ3n) is 2.25. The number of benzene rings is 1. The molecule has 0 bridgehead atoms. The molecule has 0 saturated carbocycles. The monoisotopic (exact) mass is 291 g/mol. The van der Waals surface area contributed by atoms with Crippen molar-refractivity contribution in [3.63, 3.8) is 0 Å². The molecule has 0 spiro atoms. The molecule has 1 N–H and O–H groups in total. The summed E-state index contributed by atoms with van der Waals surface area (Å²) in [6.07, 6.45) is 1.54. The molecule has 17 heavy (non-hydrogen) atoms. The van der Waals surface area contributed by atoms with Gasteiger partial charge >= 0.3 is 0 Å². The van der Waals surface area contributed by atoms with Crippen molar-refractivity contribution >= 4 is 15.9 Å². The van der Waals surface area contributed by atoms with Crippen molar-refractivity contribution < 1.29 is 0 Å². The first-order valence-electron chi connectivity index (χ1n) is 4.99. The predicted octanol–water partition coefficient (Wildman–Crippen LogP) is 1.62. The Bertz CT molecular complexity index is 569. The first-order valence-corrected chi connectivity index (χ1v) is 5.79. The van der Waals surface area contributed by atoms with E-state index in [4.69, 9.17) is 5.26 Å². The Morgan fingerprint density at radius 2 is 2.35 bits per heavy atom. The minimum absolute atomic E-state index is 0.170. The molecule has 0 radical (unpaired) electrons. The summed E-state index contributed by atoms with van der Waals surface area (Å²) in [4.78, 5) is 3.89. The molecule has 0 fully saturated rings. The molecular formula is C11H10BrN5. The summed E-state index contributed by atoms with van der Waals surface area (Å²) in [5.41, 5.74) is 1.99. The van der Waals surface area contributed by atoms with Crippen LogP contribution in [0.5, 0.6) is 0 Å². The van der Waals surface area contributed by atoms with Gasteiger partial charge in [0.1, 0.15) is 12.4 Å². The highest BCUT2D eigenvalue weighted by molar-refractivity contribution is 9.10. The highest BCUT2D eigenvalue weighted by Gasteiger charge is 2.07. The van der Waals surface area contributed by atoms with Crippen molar-refractivity contribution in [2.45, 2.75) is 6.54 Å². The molecule has 0 unspecified atom stereocenters. The Labute approximate surface area is 107 Å². The van der Waals surface area contributed by atoms with Gasteiger partial charge in [0, 0.05) is 11.0 Å². The summed E-state index contributed by atoms with van der Waals surface area (Å²) in [5.74, 6) is 0.170. The average molecular weight is 292 g/mol. The summed E-state index contributed by atoms with van der Waals surface area (Å²) in [5, 5.41) is 15.9.